The summed E-state index contributed by atoms with van der Waals surface area (Å²) in [5, 5.41) is 5.31. The van der Waals surface area contributed by atoms with Crippen LogP contribution in [0.3, 0.4) is 0 Å². The number of furan rings is 1. The van der Waals surface area contributed by atoms with E-state index in [1.807, 2.05) is 49.5 Å². The molecule has 0 spiro atoms. The maximum atomic E-state index is 12.8. The van der Waals surface area contributed by atoms with Gasteiger partial charge in [0, 0.05) is 25.7 Å². The second-order valence-electron chi connectivity index (χ2n) is 6.45. The van der Waals surface area contributed by atoms with Crippen LogP contribution >= 0.6 is 11.3 Å². The number of benzene rings is 1. The fraction of sp³-hybridized carbons (Fsp3) is 0.190. The third-order valence-corrected chi connectivity index (χ3v) is 5.28. The lowest BCUT2D eigenvalue weighted by atomic mass is 10.1. The molecule has 0 N–H and O–H groups in total. The molecule has 0 amide bonds. The van der Waals surface area contributed by atoms with E-state index in [1.54, 1.807) is 22.2 Å². The van der Waals surface area contributed by atoms with Gasteiger partial charge in [-0.15, -0.1) is 0 Å². The van der Waals surface area contributed by atoms with E-state index >= 15 is 0 Å². The second-order valence-corrected chi connectivity index (χ2v) is 7.23. The summed E-state index contributed by atoms with van der Waals surface area (Å²) in [6, 6.07) is 16.0. The lowest BCUT2D eigenvalue weighted by Gasteiger charge is -2.21. The van der Waals surface area contributed by atoms with E-state index in [0.717, 1.165) is 28.8 Å². The molecule has 0 saturated carbocycles. The smallest absolute Gasteiger partial charge is 0.255 e. The van der Waals surface area contributed by atoms with E-state index < -0.39 is 0 Å². The molecular weight excluding hydrogens is 344 g/mol. The van der Waals surface area contributed by atoms with Crippen LogP contribution < -0.4 is 5.56 Å². The first kappa shape index (κ1) is 16.8. The van der Waals surface area contributed by atoms with E-state index in [4.69, 9.17) is 4.42 Å². The van der Waals surface area contributed by atoms with E-state index in [2.05, 4.69) is 21.7 Å². The molecule has 3 heterocycles. The number of aryl methyl sites for hydroxylation is 1. The van der Waals surface area contributed by atoms with Crippen molar-refractivity contribution in [2.75, 3.05) is 0 Å². The zero-order valence-corrected chi connectivity index (χ0v) is 15.4. The van der Waals surface area contributed by atoms with Crippen LogP contribution in [0.5, 0.6) is 0 Å². The summed E-state index contributed by atoms with van der Waals surface area (Å²) in [7, 11) is 1.84. The van der Waals surface area contributed by atoms with Gasteiger partial charge in [-0.25, -0.2) is 0 Å². The molecular formula is C21H20N2O2S. The first-order valence-corrected chi connectivity index (χ1v) is 9.48. The molecule has 0 atom stereocenters. The maximum Gasteiger partial charge on any atom is 0.255 e. The zero-order chi connectivity index (χ0) is 17.9. The van der Waals surface area contributed by atoms with Gasteiger partial charge in [-0.1, -0.05) is 18.2 Å². The van der Waals surface area contributed by atoms with Gasteiger partial charge in [0.2, 0.25) is 0 Å². The first-order chi connectivity index (χ1) is 12.7. The summed E-state index contributed by atoms with van der Waals surface area (Å²) in [6.45, 7) is 2.02. The highest BCUT2D eigenvalue weighted by Crippen LogP contribution is 2.17. The maximum absolute atomic E-state index is 12.8. The highest BCUT2D eigenvalue weighted by molar-refractivity contribution is 7.07. The van der Waals surface area contributed by atoms with Gasteiger partial charge in [-0.05, 0) is 52.0 Å². The molecule has 5 heteroatoms. The van der Waals surface area contributed by atoms with Crippen molar-refractivity contribution in [3.8, 4) is 0 Å². The molecule has 4 nitrogen and oxygen atoms in total. The topological polar surface area (TPSA) is 38.4 Å². The highest BCUT2D eigenvalue weighted by atomic mass is 32.1. The van der Waals surface area contributed by atoms with Crippen molar-refractivity contribution in [2.45, 2.75) is 19.6 Å². The van der Waals surface area contributed by atoms with Crippen molar-refractivity contribution in [3.05, 3.63) is 92.8 Å². The molecule has 0 unspecified atom stereocenters. The summed E-state index contributed by atoms with van der Waals surface area (Å²) < 4.78 is 7.26. The van der Waals surface area contributed by atoms with Crippen molar-refractivity contribution in [3.63, 3.8) is 0 Å². The first-order valence-electron chi connectivity index (χ1n) is 8.54. The predicted octanol–water partition coefficient (Wildman–Crippen LogP) is 4.40. The quantitative estimate of drug-likeness (QED) is 0.509. The van der Waals surface area contributed by atoms with Crippen molar-refractivity contribution < 1.29 is 4.42 Å². The van der Waals surface area contributed by atoms with Gasteiger partial charge >= 0.3 is 0 Å². The van der Waals surface area contributed by atoms with E-state index in [-0.39, 0.29) is 5.56 Å². The minimum absolute atomic E-state index is 0.0541. The number of thiophene rings is 1. The summed E-state index contributed by atoms with van der Waals surface area (Å²) in [6.07, 6.45) is 1.69. The van der Waals surface area contributed by atoms with Gasteiger partial charge in [0.05, 0.1) is 18.3 Å². The van der Waals surface area contributed by atoms with Crippen LogP contribution in [-0.2, 0) is 26.7 Å². The van der Waals surface area contributed by atoms with Gasteiger partial charge < -0.3 is 8.98 Å². The predicted molar refractivity (Wildman–Crippen MR) is 105 cm³/mol. The van der Waals surface area contributed by atoms with Gasteiger partial charge in [0.15, 0.2) is 0 Å². The van der Waals surface area contributed by atoms with Crippen molar-refractivity contribution in [1.29, 1.82) is 0 Å². The fourth-order valence-electron chi connectivity index (χ4n) is 3.27. The molecule has 0 aliphatic rings. The molecule has 132 valence electrons. The Morgan fingerprint density at radius 2 is 1.96 bits per heavy atom. The molecule has 0 bridgehead atoms. The number of pyridine rings is 1. The number of hydrogen-bond acceptors (Lipinski definition) is 4. The van der Waals surface area contributed by atoms with Crippen LogP contribution in [-0.4, -0.2) is 9.47 Å². The Morgan fingerprint density at radius 3 is 2.73 bits per heavy atom. The van der Waals surface area contributed by atoms with Gasteiger partial charge in [-0.3, -0.25) is 9.69 Å². The number of para-hydroxylation sites is 1. The lowest BCUT2D eigenvalue weighted by molar-refractivity contribution is 0.226. The van der Waals surface area contributed by atoms with Crippen LogP contribution in [0.15, 0.2) is 74.8 Å². The molecule has 3 aromatic heterocycles. The van der Waals surface area contributed by atoms with Crippen LogP contribution in [0, 0.1) is 0 Å². The van der Waals surface area contributed by atoms with Crippen LogP contribution in [0.4, 0.5) is 0 Å². The van der Waals surface area contributed by atoms with Gasteiger partial charge in [-0.2, -0.15) is 11.3 Å². The number of aromatic nitrogens is 1. The number of nitrogens with zero attached hydrogens (tertiary/aromatic N) is 2. The molecule has 4 rings (SSSR count). The number of hydrogen-bond donors (Lipinski definition) is 0. The molecule has 0 fully saturated rings. The SMILES string of the molecule is Cn1c(=O)c(CN(Cc2ccsc2)Cc2ccco2)cc2ccccc21. The Morgan fingerprint density at radius 1 is 1.08 bits per heavy atom. The van der Waals surface area contributed by atoms with E-state index in [0.29, 0.717) is 13.1 Å². The van der Waals surface area contributed by atoms with Crippen LogP contribution in [0.25, 0.3) is 10.9 Å². The fourth-order valence-corrected chi connectivity index (χ4v) is 3.93. The average molecular weight is 364 g/mol. The van der Waals surface area contributed by atoms with Crippen molar-refractivity contribution in [2.24, 2.45) is 7.05 Å². The molecule has 1 aromatic carbocycles. The van der Waals surface area contributed by atoms with Gasteiger partial charge in [0.25, 0.3) is 5.56 Å². The number of fused-ring (bicyclic) bond motifs is 1. The second kappa shape index (κ2) is 7.32. The standard InChI is InChI=1S/C21H20N2O2S/c1-22-20-7-3-2-5-17(20)11-18(21(22)24)13-23(12-16-8-10-26-15-16)14-19-6-4-9-25-19/h2-11,15H,12-14H2,1H3. The Bertz CT molecular complexity index is 1010. The Kier molecular flexibility index (Phi) is 4.73. The Hall–Kier alpha value is -2.63. The third kappa shape index (κ3) is 3.49. The van der Waals surface area contributed by atoms with Crippen molar-refractivity contribution in [1.82, 2.24) is 9.47 Å². The van der Waals surface area contributed by atoms with E-state index in [1.165, 1.54) is 5.56 Å². The minimum Gasteiger partial charge on any atom is -0.468 e. The van der Waals surface area contributed by atoms with E-state index in [9.17, 15) is 4.79 Å². The zero-order valence-electron chi connectivity index (χ0n) is 14.6. The van der Waals surface area contributed by atoms with Crippen LogP contribution in [0.1, 0.15) is 16.9 Å². The average Bonchev–Trinajstić information content (AvgIpc) is 3.33. The Labute approximate surface area is 155 Å². The van der Waals surface area contributed by atoms with Gasteiger partial charge in [0.1, 0.15) is 5.76 Å². The lowest BCUT2D eigenvalue weighted by Crippen LogP contribution is -2.28. The Balaban J connectivity index is 1.67. The third-order valence-electron chi connectivity index (χ3n) is 4.55. The summed E-state index contributed by atoms with van der Waals surface area (Å²) in [4.78, 5) is 15.1. The molecule has 4 aromatic rings. The summed E-state index contributed by atoms with van der Waals surface area (Å²) >= 11 is 1.69. The summed E-state index contributed by atoms with van der Waals surface area (Å²) in [5.74, 6) is 0.901. The molecule has 26 heavy (non-hydrogen) atoms. The molecule has 0 aliphatic heterocycles. The minimum atomic E-state index is 0.0541. The largest absolute Gasteiger partial charge is 0.468 e. The molecule has 0 saturated heterocycles. The molecule has 0 aliphatic carbocycles. The summed E-state index contributed by atoms with van der Waals surface area (Å²) in [5.41, 5.74) is 3.06. The normalized spacial score (nSPS) is 11.5. The van der Waals surface area contributed by atoms with Crippen LogP contribution in [0.2, 0.25) is 0 Å². The number of rotatable bonds is 6. The highest BCUT2D eigenvalue weighted by Gasteiger charge is 2.14. The van der Waals surface area contributed by atoms with Crippen molar-refractivity contribution >= 4 is 22.2 Å². The molecule has 0 radical (unpaired) electrons. The monoisotopic (exact) mass is 364 g/mol.